The van der Waals surface area contributed by atoms with Crippen LogP contribution in [0.3, 0.4) is 0 Å². The summed E-state index contributed by atoms with van der Waals surface area (Å²) in [7, 11) is 1.57. The lowest BCUT2D eigenvalue weighted by Crippen LogP contribution is -2.34. The van der Waals surface area contributed by atoms with Gasteiger partial charge in [0.05, 0.1) is 12.8 Å². The summed E-state index contributed by atoms with van der Waals surface area (Å²) in [6.45, 7) is 2.64. The van der Waals surface area contributed by atoms with Crippen molar-refractivity contribution in [3.8, 4) is 0 Å². The SMILES string of the molecule is COCCNC(=O)C(C)n1ncc(N)n1. The molecule has 0 radical (unpaired) electrons. The molecule has 7 heteroatoms. The van der Waals surface area contributed by atoms with Crippen LogP contribution in [0.15, 0.2) is 6.20 Å². The molecule has 0 saturated carbocycles. The molecule has 1 rings (SSSR count). The molecule has 0 aliphatic carbocycles. The molecule has 1 heterocycles. The first kappa shape index (κ1) is 11.4. The number of hydrogen-bond acceptors (Lipinski definition) is 5. The fourth-order valence-electron chi connectivity index (χ4n) is 1.00. The number of nitrogen functional groups attached to an aromatic ring is 1. The predicted molar refractivity (Wildman–Crippen MR) is 54.0 cm³/mol. The number of nitrogens with two attached hydrogens (primary N) is 1. The lowest BCUT2D eigenvalue weighted by atomic mass is 10.3. The highest BCUT2D eigenvalue weighted by atomic mass is 16.5. The van der Waals surface area contributed by atoms with Gasteiger partial charge in [0.1, 0.15) is 6.04 Å². The highest BCUT2D eigenvalue weighted by Crippen LogP contribution is 2.02. The quantitative estimate of drug-likeness (QED) is 0.623. The van der Waals surface area contributed by atoms with Crippen molar-refractivity contribution in [1.82, 2.24) is 20.3 Å². The molecule has 15 heavy (non-hydrogen) atoms. The molecule has 0 fully saturated rings. The minimum absolute atomic E-state index is 0.164. The molecule has 3 N–H and O–H groups in total. The van der Waals surface area contributed by atoms with Crippen LogP contribution >= 0.6 is 0 Å². The topological polar surface area (TPSA) is 95.1 Å². The smallest absolute Gasteiger partial charge is 0.246 e. The van der Waals surface area contributed by atoms with Crippen molar-refractivity contribution in [3.63, 3.8) is 0 Å². The molecule has 0 spiro atoms. The van der Waals surface area contributed by atoms with Gasteiger partial charge < -0.3 is 15.8 Å². The molecule has 1 aromatic heterocycles. The average molecular weight is 213 g/mol. The first-order valence-corrected chi connectivity index (χ1v) is 4.59. The molecular formula is C8H15N5O2. The summed E-state index contributed by atoms with van der Waals surface area (Å²) < 4.78 is 4.81. The molecule has 0 aromatic carbocycles. The zero-order chi connectivity index (χ0) is 11.3. The maximum absolute atomic E-state index is 11.5. The summed E-state index contributed by atoms with van der Waals surface area (Å²) in [6, 6.07) is -0.473. The summed E-state index contributed by atoms with van der Waals surface area (Å²) in [5.41, 5.74) is 5.39. The molecule has 1 unspecified atom stereocenters. The molecule has 0 aliphatic heterocycles. The Kier molecular flexibility index (Phi) is 4.04. The van der Waals surface area contributed by atoms with Gasteiger partial charge in [0.25, 0.3) is 0 Å². The Balaban J connectivity index is 2.46. The third-order valence-electron chi connectivity index (χ3n) is 1.86. The molecule has 7 nitrogen and oxygen atoms in total. The fourth-order valence-corrected chi connectivity index (χ4v) is 1.00. The number of rotatable bonds is 5. The van der Waals surface area contributed by atoms with E-state index < -0.39 is 6.04 Å². The normalized spacial score (nSPS) is 12.4. The Morgan fingerprint density at radius 2 is 2.53 bits per heavy atom. The first-order valence-electron chi connectivity index (χ1n) is 4.59. The predicted octanol–water partition coefficient (Wildman–Crippen LogP) is -0.816. The molecule has 0 aliphatic rings. The van der Waals surface area contributed by atoms with Crippen molar-refractivity contribution in [2.45, 2.75) is 13.0 Å². The third kappa shape index (κ3) is 3.21. The van der Waals surface area contributed by atoms with Gasteiger partial charge in [-0.05, 0) is 6.92 Å². The highest BCUT2D eigenvalue weighted by Gasteiger charge is 2.15. The van der Waals surface area contributed by atoms with Crippen molar-refractivity contribution in [3.05, 3.63) is 6.20 Å². The van der Waals surface area contributed by atoms with Crippen molar-refractivity contribution < 1.29 is 9.53 Å². The fraction of sp³-hybridized carbons (Fsp3) is 0.625. The van der Waals surface area contributed by atoms with E-state index in [1.165, 1.54) is 11.0 Å². The van der Waals surface area contributed by atoms with E-state index in [4.69, 9.17) is 10.5 Å². The summed E-state index contributed by atoms with van der Waals surface area (Å²) in [4.78, 5) is 12.8. The lowest BCUT2D eigenvalue weighted by molar-refractivity contribution is -0.124. The molecule has 84 valence electrons. The number of nitrogens with one attached hydrogen (secondary N) is 1. The third-order valence-corrected chi connectivity index (χ3v) is 1.86. The van der Waals surface area contributed by atoms with Gasteiger partial charge in [-0.3, -0.25) is 4.79 Å². The number of carbonyl (C=O) groups is 1. The maximum atomic E-state index is 11.5. The van der Waals surface area contributed by atoms with Crippen LogP contribution in [0.1, 0.15) is 13.0 Å². The van der Waals surface area contributed by atoms with Crippen molar-refractivity contribution in [1.29, 1.82) is 0 Å². The van der Waals surface area contributed by atoms with Crippen LogP contribution in [0, 0.1) is 0 Å². The molecule has 1 aromatic rings. The molecule has 0 bridgehead atoms. The minimum atomic E-state index is -0.473. The Bertz CT molecular complexity index is 325. The van der Waals surface area contributed by atoms with Gasteiger partial charge in [-0.25, -0.2) is 0 Å². The van der Waals surface area contributed by atoms with Gasteiger partial charge in [-0.1, -0.05) is 0 Å². The monoisotopic (exact) mass is 213 g/mol. The summed E-state index contributed by atoms with van der Waals surface area (Å²) in [5.74, 6) is 0.134. The Labute approximate surface area is 87.6 Å². The lowest BCUT2D eigenvalue weighted by Gasteiger charge is -2.10. The molecular weight excluding hydrogens is 198 g/mol. The highest BCUT2D eigenvalue weighted by molar-refractivity contribution is 5.79. The number of amides is 1. The number of methoxy groups -OCH3 is 1. The number of hydrogen-bond donors (Lipinski definition) is 2. The van der Waals surface area contributed by atoms with E-state index in [2.05, 4.69) is 15.5 Å². The van der Waals surface area contributed by atoms with Crippen LogP contribution in [0.2, 0.25) is 0 Å². The van der Waals surface area contributed by atoms with Gasteiger partial charge >= 0.3 is 0 Å². The van der Waals surface area contributed by atoms with Gasteiger partial charge in [0.2, 0.25) is 5.91 Å². The van der Waals surface area contributed by atoms with Gasteiger partial charge in [-0.2, -0.15) is 9.90 Å². The summed E-state index contributed by atoms with van der Waals surface area (Å²) in [5, 5.41) is 10.4. The summed E-state index contributed by atoms with van der Waals surface area (Å²) in [6.07, 6.45) is 1.40. The second-order valence-corrected chi connectivity index (χ2v) is 3.05. The van der Waals surface area contributed by atoms with Crippen LogP contribution in [0.4, 0.5) is 5.82 Å². The Morgan fingerprint density at radius 1 is 1.80 bits per heavy atom. The van der Waals surface area contributed by atoms with Gasteiger partial charge in [0.15, 0.2) is 5.82 Å². The van der Waals surface area contributed by atoms with E-state index in [1.807, 2.05) is 0 Å². The number of nitrogens with zero attached hydrogens (tertiary/aromatic N) is 3. The van der Waals surface area contributed by atoms with Crippen LogP contribution in [0.5, 0.6) is 0 Å². The van der Waals surface area contributed by atoms with E-state index >= 15 is 0 Å². The second kappa shape index (κ2) is 5.30. The van der Waals surface area contributed by atoms with Gasteiger partial charge in [-0.15, -0.1) is 5.10 Å². The molecule has 1 atom stereocenters. The maximum Gasteiger partial charge on any atom is 0.246 e. The number of aromatic nitrogens is 3. The van der Waals surface area contributed by atoms with E-state index in [0.717, 1.165) is 0 Å². The zero-order valence-corrected chi connectivity index (χ0v) is 8.80. The van der Waals surface area contributed by atoms with Crippen LogP contribution in [0.25, 0.3) is 0 Å². The van der Waals surface area contributed by atoms with Crippen LogP contribution in [-0.4, -0.2) is 41.2 Å². The number of carbonyl (C=O) groups excluding carboxylic acids is 1. The average Bonchev–Trinajstić information content (AvgIpc) is 2.64. The van der Waals surface area contributed by atoms with Crippen LogP contribution in [-0.2, 0) is 9.53 Å². The minimum Gasteiger partial charge on any atom is -0.383 e. The van der Waals surface area contributed by atoms with Crippen molar-refractivity contribution in [2.75, 3.05) is 26.0 Å². The first-order chi connectivity index (χ1) is 7.15. The molecule has 1 amide bonds. The zero-order valence-electron chi connectivity index (χ0n) is 8.80. The van der Waals surface area contributed by atoms with Crippen molar-refractivity contribution >= 4 is 11.7 Å². The Morgan fingerprint density at radius 3 is 3.07 bits per heavy atom. The molecule has 0 saturated heterocycles. The van der Waals surface area contributed by atoms with E-state index in [9.17, 15) is 4.79 Å². The standard InChI is InChI=1S/C8H15N5O2/c1-6(8(14)10-3-4-15-2)13-11-5-7(9)12-13/h5-6H,3-4H2,1-2H3,(H2,9,12)(H,10,14). The van der Waals surface area contributed by atoms with E-state index in [0.29, 0.717) is 19.0 Å². The van der Waals surface area contributed by atoms with E-state index in [1.54, 1.807) is 14.0 Å². The second-order valence-electron chi connectivity index (χ2n) is 3.05. The van der Waals surface area contributed by atoms with E-state index in [-0.39, 0.29) is 5.91 Å². The largest absolute Gasteiger partial charge is 0.383 e. The number of ether oxygens (including phenoxy) is 1. The van der Waals surface area contributed by atoms with Crippen LogP contribution < -0.4 is 11.1 Å². The number of anilines is 1. The van der Waals surface area contributed by atoms with Gasteiger partial charge in [0, 0.05) is 13.7 Å². The van der Waals surface area contributed by atoms with Crippen molar-refractivity contribution in [2.24, 2.45) is 0 Å². The Hall–Kier alpha value is -1.63. The summed E-state index contributed by atoms with van der Waals surface area (Å²) >= 11 is 0.